The Kier molecular flexibility index (Phi) is 8.20. The van der Waals surface area contributed by atoms with Crippen LogP contribution in [-0.4, -0.2) is 68.9 Å². The Morgan fingerprint density at radius 3 is 2.48 bits per heavy atom. The molecule has 0 radical (unpaired) electrons. The highest BCUT2D eigenvalue weighted by atomic mass is 16.6. The highest BCUT2D eigenvalue weighted by molar-refractivity contribution is 5.76. The number of ether oxygens (including phenoxy) is 2. The zero-order valence-corrected chi connectivity index (χ0v) is 23.9. The molecular formula is C29H39N7O4. The number of hydrogen-bond acceptors (Lipinski definition) is 9. The van der Waals surface area contributed by atoms with Crippen LogP contribution in [0.2, 0.25) is 0 Å². The van der Waals surface area contributed by atoms with Crippen LogP contribution >= 0.6 is 0 Å². The predicted octanol–water partition coefficient (Wildman–Crippen LogP) is 4.64. The lowest BCUT2D eigenvalue weighted by Crippen LogP contribution is -2.50. The number of pyridine rings is 2. The van der Waals surface area contributed by atoms with Gasteiger partial charge in [-0.05, 0) is 58.7 Å². The van der Waals surface area contributed by atoms with Gasteiger partial charge in [0.05, 0.1) is 18.5 Å². The van der Waals surface area contributed by atoms with E-state index in [0.717, 1.165) is 36.8 Å². The Hall–Kier alpha value is -3.73. The monoisotopic (exact) mass is 549 g/mol. The molecule has 0 unspecified atom stereocenters. The average molecular weight is 550 g/mol. The number of fused-ring (bicyclic) bond motifs is 1. The fourth-order valence-electron chi connectivity index (χ4n) is 5.29. The number of amides is 1. The lowest BCUT2D eigenvalue weighted by molar-refractivity contribution is 0.0240. The van der Waals surface area contributed by atoms with Gasteiger partial charge in [0.2, 0.25) is 5.95 Å². The van der Waals surface area contributed by atoms with Gasteiger partial charge >= 0.3 is 6.09 Å². The zero-order chi connectivity index (χ0) is 28.3. The van der Waals surface area contributed by atoms with Crippen molar-refractivity contribution in [2.24, 2.45) is 0 Å². The van der Waals surface area contributed by atoms with E-state index in [0.29, 0.717) is 55.8 Å². The van der Waals surface area contributed by atoms with Gasteiger partial charge in [-0.15, -0.1) is 0 Å². The highest BCUT2D eigenvalue weighted by Gasteiger charge is 2.26. The molecule has 1 amide bonds. The summed E-state index contributed by atoms with van der Waals surface area (Å²) in [6, 6.07) is 5.86. The smallest absolute Gasteiger partial charge is 0.410 e. The van der Waals surface area contributed by atoms with Crippen LogP contribution in [0.1, 0.15) is 65.0 Å². The van der Waals surface area contributed by atoms with Crippen molar-refractivity contribution in [1.29, 1.82) is 0 Å². The van der Waals surface area contributed by atoms with Crippen LogP contribution < -0.4 is 15.8 Å². The zero-order valence-electron chi connectivity index (χ0n) is 23.9. The fourth-order valence-corrected chi connectivity index (χ4v) is 5.29. The van der Waals surface area contributed by atoms with Crippen molar-refractivity contribution in [2.75, 3.05) is 43.0 Å². The lowest BCUT2D eigenvalue weighted by Gasteiger charge is -2.36. The quantitative estimate of drug-likeness (QED) is 0.450. The van der Waals surface area contributed by atoms with Crippen LogP contribution in [0.4, 0.5) is 22.2 Å². The Balaban J connectivity index is 1.29. The number of nitrogens with zero attached hydrogens (tertiary/aromatic N) is 6. The molecule has 40 heavy (non-hydrogen) atoms. The molecule has 1 N–H and O–H groups in total. The lowest BCUT2D eigenvalue weighted by atomic mass is 10.1. The third kappa shape index (κ3) is 6.35. The van der Waals surface area contributed by atoms with E-state index in [-0.39, 0.29) is 24.3 Å². The summed E-state index contributed by atoms with van der Waals surface area (Å²) >= 11 is 0. The molecule has 1 saturated heterocycles. The predicted molar refractivity (Wildman–Crippen MR) is 154 cm³/mol. The number of carbonyl (C=O) groups excluding carboxylic acids is 1. The van der Waals surface area contributed by atoms with Crippen LogP contribution in [0, 0.1) is 0 Å². The molecule has 0 aromatic carbocycles. The Labute approximate surface area is 234 Å². The first-order valence-electron chi connectivity index (χ1n) is 14.2. The number of hydrogen-bond donors (Lipinski definition) is 1. The number of piperazine rings is 1. The van der Waals surface area contributed by atoms with Gasteiger partial charge in [-0.1, -0.05) is 12.8 Å². The highest BCUT2D eigenvalue weighted by Crippen LogP contribution is 2.31. The van der Waals surface area contributed by atoms with Gasteiger partial charge < -0.3 is 24.6 Å². The molecule has 0 atom stereocenters. The van der Waals surface area contributed by atoms with Gasteiger partial charge in [-0.2, -0.15) is 4.98 Å². The minimum absolute atomic E-state index is 0.0354. The van der Waals surface area contributed by atoms with Crippen molar-refractivity contribution in [3.63, 3.8) is 0 Å². The molecule has 1 saturated carbocycles. The summed E-state index contributed by atoms with van der Waals surface area (Å²) < 4.78 is 12.9. The van der Waals surface area contributed by atoms with Crippen molar-refractivity contribution in [3.05, 3.63) is 46.5 Å². The molecule has 0 bridgehead atoms. The van der Waals surface area contributed by atoms with Gasteiger partial charge in [0, 0.05) is 56.0 Å². The first kappa shape index (κ1) is 27.8. The maximum Gasteiger partial charge on any atom is 0.410 e. The largest absolute Gasteiger partial charge is 0.444 e. The molecule has 0 spiro atoms. The minimum Gasteiger partial charge on any atom is -0.444 e. The first-order valence-corrected chi connectivity index (χ1v) is 14.2. The van der Waals surface area contributed by atoms with Crippen molar-refractivity contribution in [3.8, 4) is 0 Å². The maximum atomic E-state index is 13.4. The Bertz CT molecular complexity index is 1390. The molecule has 1 aliphatic carbocycles. The molecule has 2 fully saturated rings. The number of anilines is 3. The SMILES string of the molecule is CCOCc1cc2cnc(Nc3ccc(N4CCN(C(=O)OC(C)(C)C)CC4)cn3)nc2n(C2CCCC2)c1=O. The fraction of sp³-hybridized carbons (Fsp3) is 0.552. The first-order chi connectivity index (χ1) is 19.2. The minimum atomic E-state index is -0.504. The van der Waals surface area contributed by atoms with Gasteiger partial charge in [0.25, 0.3) is 5.56 Å². The summed E-state index contributed by atoms with van der Waals surface area (Å²) in [5, 5.41) is 4.01. The second kappa shape index (κ2) is 11.8. The average Bonchev–Trinajstić information content (AvgIpc) is 3.46. The maximum absolute atomic E-state index is 13.4. The molecule has 3 aromatic heterocycles. The van der Waals surface area contributed by atoms with E-state index in [1.165, 1.54) is 0 Å². The van der Waals surface area contributed by atoms with E-state index in [1.807, 2.05) is 50.5 Å². The number of nitrogens with one attached hydrogen (secondary N) is 1. The summed E-state index contributed by atoms with van der Waals surface area (Å²) in [6.07, 6.45) is 7.44. The van der Waals surface area contributed by atoms with E-state index < -0.39 is 5.60 Å². The molecule has 11 nitrogen and oxygen atoms in total. The van der Waals surface area contributed by atoms with E-state index in [4.69, 9.17) is 14.5 Å². The standard InChI is InChI=1S/C29H39N7O4/c1-5-39-19-21-16-20-17-31-27(33-25(20)36(26(21)37)22-8-6-7-9-22)32-24-11-10-23(18-30-24)34-12-14-35(15-13-34)28(38)40-29(2,3)4/h10-11,16-18,22H,5-9,12-15,19H2,1-4H3,(H,30,31,32,33). The molecule has 4 heterocycles. The molecule has 214 valence electrons. The summed E-state index contributed by atoms with van der Waals surface area (Å²) in [7, 11) is 0. The third-order valence-electron chi connectivity index (χ3n) is 7.28. The second-order valence-corrected chi connectivity index (χ2v) is 11.4. The number of rotatable bonds is 7. The van der Waals surface area contributed by atoms with Crippen molar-refractivity contribution in [2.45, 2.75) is 71.6 Å². The molecular weight excluding hydrogens is 510 g/mol. The molecule has 1 aliphatic heterocycles. The van der Waals surface area contributed by atoms with Crippen molar-refractivity contribution >= 4 is 34.6 Å². The van der Waals surface area contributed by atoms with Crippen molar-refractivity contribution in [1.82, 2.24) is 24.4 Å². The number of aromatic nitrogens is 4. The van der Waals surface area contributed by atoms with Crippen LogP contribution in [-0.2, 0) is 16.1 Å². The van der Waals surface area contributed by atoms with Crippen LogP contribution in [0.15, 0.2) is 35.4 Å². The van der Waals surface area contributed by atoms with Gasteiger partial charge in [-0.3, -0.25) is 9.36 Å². The molecule has 3 aromatic rings. The van der Waals surface area contributed by atoms with Gasteiger partial charge in [-0.25, -0.2) is 14.8 Å². The van der Waals surface area contributed by atoms with E-state index in [1.54, 1.807) is 17.3 Å². The summed E-state index contributed by atoms with van der Waals surface area (Å²) in [5.41, 5.74) is 1.71. The van der Waals surface area contributed by atoms with E-state index >= 15 is 0 Å². The normalized spacial score (nSPS) is 16.5. The topological polar surface area (TPSA) is 115 Å². The van der Waals surface area contributed by atoms with E-state index in [9.17, 15) is 9.59 Å². The van der Waals surface area contributed by atoms with E-state index in [2.05, 4.69) is 20.2 Å². The van der Waals surface area contributed by atoms with Gasteiger partial charge in [0.15, 0.2) is 0 Å². The van der Waals surface area contributed by atoms with Gasteiger partial charge in [0.1, 0.15) is 17.1 Å². The molecule has 2 aliphatic rings. The Morgan fingerprint density at radius 1 is 1.07 bits per heavy atom. The summed E-state index contributed by atoms with van der Waals surface area (Å²) in [4.78, 5) is 43.5. The third-order valence-corrected chi connectivity index (χ3v) is 7.28. The van der Waals surface area contributed by atoms with Crippen LogP contribution in [0.25, 0.3) is 11.0 Å². The summed E-state index contributed by atoms with van der Waals surface area (Å²) in [5.74, 6) is 1.00. The molecule has 5 rings (SSSR count). The van der Waals surface area contributed by atoms with Crippen LogP contribution in [0.3, 0.4) is 0 Å². The molecule has 11 heteroatoms. The number of carbonyl (C=O) groups is 1. The van der Waals surface area contributed by atoms with Crippen molar-refractivity contribution < 1.29 is 14.3 Å². The summed E-state index contributed by atoms with van der Waals surface area (Å²) in [6.45, 7) is 11.0. The van der Waals surface area contributed by atoms with Crippen LogP contribution in [0.5, 0.6) is 0 Å². The Morgan fingerprint density at radius 2 is 1.82 bits per heavy atom. The second-order valence-electron chi connectivity index (χ2n) is 11.4.